The quantitative estimate of drug-likeness (QED) is 0.734. The third kappa shape index (κ3) is 4.07. The maximum Gasteiger partial charge on any atom is 0.426 e. The SMILES string of the molecule is C[C@@](O)(C(=O)Nc1ccc(S(=O)(=O)c2ccccc2F)cc1Cl)C(F)(F)F. The number of amides is 1. The first-order valence-corrected chi connectivity index (χ1v) is 9.04. The highest BCUT2D eigenvalue weighted by Crippen LogP contribution is 2.33. The summed E-state index contributed by atoms with van der Waals surface area (Å²) in [5.74, 6) is -2.80. The van der Waals surface area contributed by atoms with Crippen molar-refractivity contribution in [3.8, 4) is 0 Å². The molecule has 0 saturated carbocycles. The summed E-state index contributed by atoms with van der Waals surface area (Å²) in [7, 11) is -4.29. The van der Waals surface area contributed by atoms with E-state index in [-0.39, 0.29) is 12.6 Å². The number of nitrogens with one attached hydrogen (secondary N) is 1. The Hall–Kier alpha value is -2.17. The summed E-state index contributed by atoms with van der Waals surface area (Å²) >= 11 is 5.84. The fourth-order valence-electron chi connectivity index (χ4n) is 1.93. The number of sulfone groups is 1. The largest absolute Gasteiger partial charge is 0.426 e. The van der Waals surface area contributed by atoms with Gasteiger partial charge in [-0.25, -0.2) is 12.8 Å². The first kappa shape index (κ1) is 21.1. The first-order valence-electron chi connectivity index (χ1n) is 7.18. The highest BCUT2D eigenvalue weighted by Gasteiger charge is 2.55. The summed E-state index contributed by atoms with van der Waals surface area (Å²) in [5.41, 5.74) is -4.05. The topological polar surface area (TPSA) is 83.5 Å². The normalized spacial score (nSPS) is 14.5. The number of hydrogen-bond donors (Lipinski definition) is 2. The number of anilines is 1. The van der Waals surface area contributed by atoms with Crippen molar-refractivity contribution >= 4 is 33.0 Å². The maximum absolute atomic E-state index is 13.8. The van der Waals surface area contributed by atoms with Gasteiger partial charge in [0.15, 0.2) is 0 Å². The van der Waals surface area contributed by atoms with Gasteiger partial charge in [-0.2, -0.15) is 13.2 Å². The minimum Gasteiger partial charge on any atom is -0.373 e. The van der Waals surface area contributed by atoms with Gasteiger partial charge in [-0.05, 0) is 37.3 Å². The van der Waals surface area contributed by atoms with Gasteiger partial charge >= 0.3 is 6.18 Å². The number of aliphatic hydroxyl groups is 1. The molecule has 0 aromatic heterocycles. The van der Waals surface area contributed by atoms with Crippen LogP contribution in [-0.4, -0.2) is 31.2 Å². The molecule has 0 bridgehead atoms. The van der Waals surface area contributed by atoms with Gasteiger partial charge in [0, 0.05) is 0 Å². The molecule has 0 unspecified atom stereocenters. The first-order chi connectivity index (χ1) is 12.3. The Morgan fingerprint density at radius 1 is 1.15 bits per heavy atom. The van der Waals surface area contributed by atoms with Crippen molar-refractivity contribution in [2.75, 3.05) is 5.32 Å². The van der Waals surface area contributed by atoms with Crippen LogP contribution in [0.2, 0.25) is 5.02 Å². The molecule has 1 amide bonds. The van der Waals surface area contributed by atoms with Crippen LogP contribution in [0.3, 0.4) is 0 Å². The molecule has 0 spiro atoms. The Labute approximate surface area is 156 Å². The molecule has 0 heterocycles. The van der Waals surface area contributed by atoms with E-state index in [1.807, 2.05) is 0 Å². The van der Waals surface area contributed by atoms with E-state index in [1.165, 1.54) is 12.1 Å². The van der Waals surface area contributed by atoms with Crippen LogP contribution in [0.25, 0.3) is 0 Å². The average Bonchev–Trinajstić information content (AvgIpc) is 2.55. The second kappa shape index (κ2) is 7.10. The lowest BCUT2D eigenvalue weighted by molar-refractivity contribution is -0.242. The minimum absolute atomic E-state index is 0.257. The van der Waals surface area contributed by atoms with Crippen molar-refractivity contribution in [2.24, 2.45) is 0 Å². The maximum atomic E-state index is 13.8. The van der Waals surface area contributed by atoms with Crippen LogP contribution in [0.1, 0.15) is 6.92 Å². The Morgan fingerprint density at radius 2 is 1.74 bits per heavy atom. The Morgan fingerprint density at radius 3 is 2.26 bits per heavy atom. The molecule has 146 valence electrons. The second-order valence-electron chi connectivity index (χ2n) is 5.60. The molecule has 0 aliphatic carbocycles. The van der Waals surface area contributed by atoms with Gasteiger partial charge in [-0.3, -0.25) is 4.79 Å². The number of carbonyl (C=O) groups excluding carboxylic acids is 1. The van der Waals surface area contributed by atoms with E-state index >= 15 is 0 Å². The molecule has 1 atom stereocenters. The number of benzene rings is 2. The molecule has 5 nitrogen and oxygen atoms in total. The third-order valence-electron chi connectivity index (χ3n) is 3.62. The van der Waals surface area contributed by atoms with Crippen molar-refractivity contribution in [3.05, 3.63) is 53.3 Å². The molecule has 11 heteroatoms. The predicted molar refractivity (Wildman–Crippen MR) is 88.6 cm³/mol. The van der Waals surface area contributed by atoms with E-state index in [4.69, 9.17) is 11.6 Å². The second-order valence-corrected chi connectivity index (χ2v) is 7.92. The van der Waals surface area contributed by atoms with Crippen LogP contribution in [0.4, 0.5) is 23.2 Å². The zero-order valence-corrected chi connectivity index (χ0v) is 15.1. The number of alkyl halides is 3. The Bertz CT molecular complexity index is 990. The van der Waals surface area contributed by atoms with Crippen LogP contribution in [-0.2, 0) is 14.6 Å². The zero-order valence-electron chi connectivity index (χ0n) is 13.5. The summed E-state index contributed by atoms with van der Waals surface area (Å²) in [6.45, 7) is 0.257. The van der Waals surface area contributed by atoms with E-state index in [0.717, 1.165) is 30.3 Å². The number of carbonyl (C=O) groups is 1. The van der Waals surface area contributed by atoms with Crippen molar-refractivity contribution in [3.63, 3.8) is 0 Å². The third-order valence-corrected chi connectivity index (χ3v) is 5.72. The van der Waals surface area contributed by atoms with E-state index in [2.05, 4.69) is 0 Å². The fraction of sp³-hybridized carbons (Fsp3) is 0.188. The van der Waals surface area contributed by atoms with Crippen molar-refractivity contribution in [2.45, 2.75) is 28.5 Å². The molecular formula is C16H12ClF4NO4S. The molecule has 2 aromatic rings. The van der Waals surface area contributed by atoms with Crippen molar-refractivity contribution < 1.29 is 35.9 Å². The lowest BCUT2D eigenvalue weighted by Gasteiger charge is -2.25. The van der Waals surface area contributed by atoms with Gasteiger partial charge in [0.25, 0.3) is 5.91 Å². The molecule has 0 aliphatic heterocycles. The monoisotopic (exact) mass is 425 g/mol. The molecular weight excluding hydrogens is 414 g/mol. The van der Waals surface area contributed by atoms with Gasteiger partial charge in [-0.15, -0.1) is 0 Å². The molecule has 0 aliphatic rings. The lowest BCUT2D eigenvalue weighted by Crippen LogP contribution is -2.52. The number of rotatable bonds is 4. The predicted octanol–water partition coefficient (Wildman–Crippen LogP) is 3.56. The van der Waals surface area contributed by atoms with Crippen LogP contribution in [0.15, 0.2) is 52.3 Å². The Balaban J connectivity index is 2.37. The highest BCUT2D eigenvalue weighted by molar-refractivity contribution is 7.91. The van der Waals surface area contributed by atoms with E-state index in [9.17, 15) is 35.9 Å². The van der Waals surface area contributed by atoms with Gasteiger partial charge in [-0.1, -0.05) is 23.7 Å². The molecule has 0 radical (unpaired) electrons. The van der Waals surface area contributed by atoms with Gasteiger partial charge in [0.05, 0.1) is 15.6 Å². The number of hydrogen-bond acceptors (Lipinski definition) is 4. The summed E-state index contributed by atoms with van der Waals surface area (Å²) in [5, 5.41) is 10.7. The Kier molecular flexibility index (Phi) is 5.56. The minimum atomic E-state index is -5.24. The smallest absolute Gasteiger partial charge is 0.373 e. The van der Waals surface area contributed by atoms with Gasteiger partial charge < -0.3 is 10.4 Å². The highest BCUT2D eigenvalue weighted by atomic mass is 35.5. The molecule has 2 rings (SSSR count). The standard InChI is InChI=1S/C16H12ClF4NO4S/c1-15(24,16(19,20)21)14(23)22-12-7-6-9(8-10(12)17)27(25,26)13-5-3-2-4-11(13)18/h2-8,24H,1H3,(H,22,23)/t15-/m1/s1. The summed E-state index contributed by atoms with van der Waals surface area (Å²) in [4.78, 5) is 10.6. The number of halogens is 5. The van der Waals surface area contributed by atoms with Crippen LogP contribution < -0.4 is 5.32 Å². The zero-order chi connectivity index (χ0) is 20.6. The average molecular weight is 426 g/mol. The molecule has 27 heavy (non-hydrogen) atoms. The summed E-state index contributed by atoms with van der Waals surface area (Å²) in [6.07, 6.45) is -5.24. The summed E-state index contributed by atoms with van der Waals surface area (Å²) < 4.78 is 76.7. The van der Waals surface area contributed by atoms with E-state index in [0.29, 0.717) is 0 Å². The lowest BCUT2D eigenvalue weighted by atomic mass is 10.1. The van der Waals surface area contributed by atoms with Crippen LogP contribution in [0, 0.1) is 5.82 Å². The van der Waals surface area contributed by atoms with Crippen molar-refractivity contribution in [1.29, 1.82) is 0 Å². The van der Waals surface area contributed by atoms with Gasteiger partial charge in [0.1, 0.15) is 10.7 Å². The summed E-state index contributed by atoms with van der Waals surface area (Å²) in [6, 6.07) is 7.31. The molecule has 0 fully saturated rings. The van der Waals surface area contributed by atoms with E-state index in [1.54, 1.807) is 5.32 Å². The van der Waals surface area contributed by atoms with Gasteiger partial charge in [0.2, 0.25) is 15.4 Å². The molecule has 2 aromatic carbocycles. The molecule has 0 saturated heterocycles. The molecule has 2 N–H and O–H groups in total. The van der Waals surface area contributed by atoms with Crippen molar-refractivity contribution in [1.82, 2.24) is 0 Å². The van der Waals surface area contributed by atoms with Crippen LogP contribution >= 0.6 is 11.6 Å². The fourth-order valence-corrected chi connectivity index (χ4v) is 3.58. The van der Waals surface area contributed by atoms with E-state index < -0.39 is 48.2 Å². The van der Waals surface area contributed by atoms with Crippen LogP contribution in [0.5, 0.6) is 0 Å².